The molecule has 3 rings (SSSR count). The van der Waals surface area contributed by atoms with Crippen LogP contribution >= 0.6 is 27.5 Å². The summed E-state index contributed by atoms with van der Waals surface area (Å²) in [5.41, 5.74) is 3.70. The Kier molecular flexibility index (Phi) is 3.14. The number of halogens is 2. The van der Waals surface area contributed by atoms with Crippen LogP contribution in [0.3, 0.4) is 0 Å². The van der Waals surface area contributed by atoms with Crippen molar-refractivity contribution < 1.29 is 0 Å². The first-order valence-corrected chi connectivity index (χ1v) is 6.90. The molecule has 0 atom stereocenters. The summed E-state index contributed by atoms with van der Waals surface area (Å²) in [4.78, 5) is 3.35. The molecular formula is C15H11BrClN. The molecule has 0 saturated heterocycles. The standard InChI is InChI=1S/C15H11BrClN/c16-15-13(9-10-5-7-11(17)8-6-10)12-3-1-2-4-14(12)18-15/h1-8,18H,9H2. The fourth-order valence-electron chi connectivity index (χ4n) is 2.15. The minimum Gasteiger partial charge on any atom is -0.349 e. The molecule has 0 bridgehead atoms. The van der Waals surface area contributed by atoms with Crippen molar-refractivity contribution in [2.24, 2.45) is 0 Å². The highest BCUT2D eigenvalue weighted by Crippen LogP contribution is 2.28. The van der Waals surface area contributed by atoms with E-state index in [9.17, 15) is 0 Å². The number of rotatable bonds is 2. The van der Waals surface area contributed by atoms with Gasteiger partial charge in [-0.2, -0.15) is 0 Å². The van der Waals surface area contributed by atoms with E-state index in [1.54, 1.807) is 0 Å². The van der Waals surface area contributed by atoms with Crippen LogP contribution in [0.1, 0.15) is 11.1 Å². The van der Waals surface area contributed by atoms with E-state index in [1.807, 2.05) is 18.2 Å². The molecular weight excluding hydrogens is 310 g/mol. The number of H-pyrrole nitrogens is 1. The van der Waals surface area contributed by atoms with Crippen molar-refractivity contribution in [2.45, 2.75) is 6.42 Å². The van der Waals surface area contributed by atoms with Gasteiger partial charge in [0.05, 0.1) is 4.60 Å². The molecule has 0 saturated carbocycles. The van der Waals surface area contributed by atoms with E-state index in [-0.39, 0.29) is 0 Å². The molecule has 0 spiro atoms. The Labute approximate surface area is 119 Å². The zero-order valence-corrected chi connectivity index (χ0v) is 11.9. The van der Waals surface area contributed by atoms with Crippen LogP contribution < -0.4 is 0 Å². The molecule has 0 radical (unpaired) electrons. The molecule has 3 heteroatoms. The van der Waals surface area contributed by atoms with Gasteiger partial charge in [-0.1, -0.05) is 41.9 Å². The van der Waals surface area contributed by atoms with Crippen molar-refractivity contribution in [1.82, 2.24) is 4.98 Å². The molecule has 0 aliphatic carbocycles. The van der Waals surface area contributed by atoms with Crippen molar-refractivity contribution in [3.63, 3.8) is 0 Å². The lowest BCUT2D eigenvalue weighted by atomic mass is 10.0. The predicted octanol–water partition coefficient (Wildman–Crippen LogP) is 5.17. The Morgan fingerprint density at radius 1 is 1.00 bits per heavy atom. The van der Waals surface area contributed by atoms with Gasteiger partial charge < -0.3 is 4.98 Å². The van der Waals surface area contributed by atoms with Crippen LogP contribution in [0.25, 0.3) is 10.9 Å². The van der Waals surface area contributed by atoms with Gasteiger partial charge in [0.1, 0.15) is 0 Å². The van der Waals surface area contributed by atoms with E-state index >= 15 is 0 Å². The smallest absolute Gasteiger partial charge is 0.0866 e. The molecule has 0 aliphatic rings. The van der Waals surface area contributed by atoms with Gasteiger partial charge in [0.15, 0.2) is 0 Å². The molecule has 18 heavy (non-hydrogen) atoms. The van der Waals surface area contributed by atoms with E-state index in [1.165, 1.54) is 16.5 Å². The number of hydrogen-bond donors (Lipinski definition) is 1. The summed E-state index contributed by atoms with van der Waals surface area (Å²) in [7, 11) is 0. The first-order chi connectivity index (χ1) is 8.74. The molecule has 1 nitrogen and oxygen atoms in total. The van der Waals surface area contributed by atoms with Crippen LogP contribution in [0.5, 0.6) is 0 Å². The fourth-order valence-corrected chi connectivity index (χ4v) is 2.84. The average Bonchev–Trinajstić information content (AvgIpc) is 2.69. The lowest BCUT2D eigenvalue weighted by molar-refractivity contribution is 1.19. The van der Waals surface area contributed by atoms with Crippen LogP contribution in [0, 0.1) is 0 Å². The maximum Gasteiger partial charge on any atom is 0.0866 e. The van der Waals surface area contributed by atoms with Crippen molar-refractivity contribution in [3.05, 3.63) is 69.3 Å². The zero-order valence-electron chi connectivity index (χ0n) is 9.58. The first-order valence-electron chi connectivity index (χ1n) is 5.73. The van der Waals surface area contributed by atoms with E-state index in [2.05, 4.69) is 51.2 Å². The summed E-state index contributed by atoms with van der Waals surface area (Å²) >= 11 is 9.50. The predicted molar refractivity (Wildman–Crippen MR) is 80.3 cm³/mol. The highest BCUT2D eigenvalue weighted by molar-refractivity contribution is 9.10. The van der Waals surface area contributed by atoms with Crippen LogP contribution in [-0.4, -0.2) is 4.98 Å². The molecule has 3 aromatic rings. The molecule has 0 unspecified atom stereocenters. The molecule has 1 N–H and O–H groups in total. The lowest BCUT2D eigenvalue weighted by Gasteiger charge is -2.02. The first kappa shape index (κ1) is 11.8. The molecule has 0 fully saturated rings. The van der Waals surface area contributed by atoms with Gasteiger partial charge in [0.25, 0.3) is 0 Å². The second kappa shape index (κ2) is 4.79. The summed E-state index contributed by atoms with van der Waals surface area (Å²) in [6.45, 7) is 0. The molecule has 1 heterocycles. The number of hydrogen-bond acceptors (Lipinski definition) is 0. The third kappa shape index (κ3) is 2.18. The minimum atomic E-state index is 0.775. The van der Waals surface area contributed by atoms with E-state index in [0.717, 1.165) is 21.6 Å². The Morgan fingerprint density at radius 3 is 2.50 bits per heavy atom. The van der Waals surface area contributed by atoms with Crippen molar-refractivity contribution >= 4 is 38.4 Å². The number of benzene rings is 2. The van der Waals surface area contributed by atoms with Crippen LogP contribution in [0.15, 0.2) is 53.1 Å². The van der Waals surface area contributed by atoms with Gasteiger partial charge in [-0.05, 0) is 45.3 Å². The normalized spacial score (nSPS) is 11.0. The van der Waals surface area contributed by atoms with Gasteiger partial charge >= 0.3 is 0 Å². The summed E-state index contributed by atoms with van der Waals surface area (Å²) < 4.78 is 1.05. The number of nitrogens with one attached hydrogen (secondary N) is 1. The number of fused-ring (bicyclic) bond motifs is 1. The fraction of sp³-hybridized carbons (Fsp3) is 0.0667. The maximum absolute atomic E-state index is 5.90. The maximum atomic E-state index is 5.90. The number of aromatic nitrogens is 1. The summed E-state index contributed by atoms with van der Waals surface area (Å²) in [6.07, 6.45) is 0.891. The quantitative estimate of drug-likeness (QED) is 0.670. The van der Waals surface area contributed by atoms with Crippen LogP contribution in [0.4, 0.5) is 0 Å². The average molecular weight is 321 g/mol. The van der Waals surface area contributed by atoms with E-state index in [4.69, 9.17) is 11.6 Å². The van der Waals surface area contributed by atoms with E-state index in [0.29, 0.717) is 0 Å². The van der Waals surface area contributed by atoms with Gasteiger partial charge in [0.2, 0.25) is 0 Å². The second-order valence-corrected chi connectivity index (χ2v) is 5.50. The highest BCUT2D eigenvalue weighted by atomic mass is 79.9. The lowest BCUT2D eigenvalue weighted by Crippen LogP contribution is -1.87. The summed E-state index contributed by atoms with van der Waals surface area (Å²) in [5, 5.41) is 2.04. The Balaban J connectivity index is 2.04. The van der Waals surface area contributed by atoms with Gasteiger partial charge in [-0.3, -0.25) is 0 Å². The molecule has 90 valence electrons. The third-order valence-corrected chi connectivity index (χ3v) is 3.98. The van der Waals surface area contributed by atoms with Gasteiger partial charge in [-0.25, -0.2) is 0 Å². The third-order valence-electron chi connectivity index (χ3n) is 3.06. The summed E-state index contributed by atoms with van der Waals surface area (Å²) in [6, 6.07) is 16.3. The Morgan fingerprint density at radius 2 is 1.72 bits per heavy atom. The topological polar surface area (TPSA) is 15.8 Å². The Hall–Kier alpha value is -1.25. The second-order valence-electron chi connectivity index (χ2n) is 4.27. The van der Waals surface area contributed by atoms with Gasteiger partial charge in [0, 0.05) is 22.3 Å². The van der Waals surface area contributed by atoms with E-state index < -0.39 is 0 Å². The molecule has 1 aromatic heterocycles. The number of para-hydroxylation sites is 1. The molecule has 0 amide bonds. The van der Waals surface area contributed by atoms with Crippen LogP contribution in [0.2, 0.25) is 5.02 Å². The molecule has 0 aliphatic heterocycles. The highest BCUT2D eigenvalue weighted by Gasteiger charge is 2.09. The van der Waals surface area contributed by atoms with Crippen molar-refractivity contribution in [2.75, 3.05) is 0 Å². The van der Waals surface area contributed by atoms with Crippen LogP contribution in [-0.2, 0) is 6.42 Å². The Bertz CT molecular complexity index is 685. The number of aromatic amines is 1. The monoisotopic (exact) mass is 319 g/mol. The van der Waals surface area contributed by atoms with Gasteiger partial charge in [-0.15, -0.1) is 0 Å². The molecule has 2 aromatic carbocycles. The summed E-state index contributed by atoms with van der Waals surface area (Å²) in [5.74, 6) is 0. The SMILES string of the molecule is Clc1ccc(Cc2c(Br)[nH]c3ccccc23)cc1. The zero-order chi connectivity index (χ0) is 12.5. The van der Waals surface area contributed by atoms with Crippen molar-refractivity contribution in [3.8, 4) is 0 Å². The largest absolute Gasteiger partial charge is 0.349 e. The minimum absolute atomic E-state index is 0.775. The van der Waals surface area contributed by atoms with Crippen molar-refractivity contribution in [1.29, 1.82) is 0 Å².